The summed E-state index contributed by atoms with van der Waals surface area (Å²) in [6, 6.07) is 7.92. The molecular formula is C8H10NO. The molecule has 0 atom stereocenters. The van der Waals surface area contributed by atoms with Crippen LogP contribution in [-0.2, 0) is 0 Å². The highest BCUT2D eigenvalue weighted by Crippen LogP contribution is 2.14. The zero-order valence-electron chi connectivity index (χ0n) is 6.13. The third kappa shape index (κ3) is 1.41. The van der Waals surface area contributed by atoms with Crippen LogP contribution in [0, 0.1) is 6.07 Å². The summed E-state index contributed by atoms with van der Waals surface area (Å²) < 4.78 is 0. The largest absolute Gasteiger partial charge is 0.508 e. The van der Waals surface area contributed by atoms with Gasteiger partial charge < -0.3 is 10.0 Å². The van der Waals surface area contributed by atoms with Crippen LogP contribution >= 0.6 is 0 Å². The van der Waals surface area contributed by atoms with Crippen molar-refractivity contribution >= 4 is 5.69 Å². The molecule has 0 aliphatic rings. The van der Waals surface area contributed by atoms with Crippen LogP contribution in [0.25, 0.3) is 0 Å². The van der Waals surface area contributed by atoms with Gasteiger partial charge in [0, 0.05) is 25.8 Å². The molecule has 2 nitrogen and oxygen atoms in total. The standard InChI is InChI=1S/C8H10NO/c1-9(2)7-3-5-8(10)6-4-7/h3,5-6,10H,1-2H3. The molecule has 2 heteroatoms. The Morgan fingerprint density at radius 2 is 2.10 bits per heavy atom. The molecule has 0 fully saturated rings. The summed E-state index contributed by atoms with van der Waals surface area (Å²) in [6.45, 7) is 0. The lowest BCUT2D eigenvalue weighted by Gasteiger charge is -2.10. The van der Waals surface area contributed by atoms with Crippen molar-refractivity contribution in [3.05, 3.63) is 24.3 Å². The van der Waals surface area contributed by atoms with Crippen LogP contribution in [0.4, 0.5) is 5.69 Å². The van der Waals surface area contributed by atoms with E-state index < -0.39 is 0 Å². The first-order valence-electron chi connectivity index (χ1n) is 3.08. The van der Waals surface area contributed by atoms with Crippen LogP contribution in [0.3, 0.4) is 0 Å². The molecule has 0 heterocycles. The second kappa shape index (κ2) is 2.60. The van der Waals surface area contributed by atoms with Gasteiger partial charge >= 0.3 is 0 Å². The Morgan fingerprint density at radius 3 is 2.50 bits per heavy atom. The first kappa shape index (κ1) is 6.93. The third-order valence-electron chi connectivity index (χ3n) is 1.26. The van der Waals surface area contributed by atoms with Crippen molar-refractivity contribution in [1.82, 2.24) is 0 Å². The minimum absolute atomic E-state index is 0.255. The molecule has 1 radical (unpaired) electrons. The van der Waals surface area contributed by atoms with E-state index >= 15 is 0 Å². The summed E-state index contributed by atoms with van der Waals surface area (Å²) in [5.74, 6) is 0.255. The first-order valence-corrected chi connectivity index (χ1v) is 3.08. The maximum atomic E-state index is 8.89. The van der Waals surface area contributed by atoms with Gasteiger partial charge in [-0.05, 0) is 18.2 Å². The van der Waals surface area contributed by atoms with Crippen LogP contribution in [-0.4, -0.2) is 19.2 Å². The van der Waals surface area contributed by atoms with Gasteiger partial charge in [-0.15, -0.1) is 0 Å². The molecule has 0 amide bonds. The maximum Gasteiger partial charge on any atom is 0.116 e. The summed E-state index contributed by atoms with van der Waals surface area (Å²) in [5.41, 5.74) is 0.970. The molecule has 0 bridgehead atoms. The number of rotatable bonds is 1. The van der Waals surface area contributed by atoms with Gasteiger partial charge in [-0.2, -0.15) is 0 Å². The van der Waals surface area contributed by atoms with Crippen molar-refractivity contribution in [3.8, 4) is 5.75 Å². The topological polar surface area (TPSA) is 23.5 Å². The van der Waals surface area contributed by atoms with Crippen LogP contribution in [0.15, 0.2) is 18.2 Å². The lowest BCUT2D eigenvalue weighted by Crippen LogP contribution is -2.07. The number of phenols is 1. The molecule has 1 N–H and O–H groups in total. The van der Waals surface area contributed by atoms with E-state index in [0.29, 0.717) is 0 Å². The number of nitrogens with zero attached hydrogens (tertiary/aromatic N) is 1. The van der Waals surface area contributed by atoms with Crippen LogP contribution in [0.5, 0.6) is 5.75 Å². The van der Waals surface area contributed by atoms with E-state index in [0.717, 1.165) is 5.69 Å². The van der Waals surface area contributed by atoms with E-state index in [2.05, 4.69) is 6.07 Å². The zero-order valence-corrected chi connectivity index (χ0v) is 6.13. The molecule has 1 aromatic rings. The molecule has 0 aromatic heterocycles. The number of anilines is 1. The van der Waals surface area contributed by atoms with Crippen LogP contribution < -0.4 is 4.90 Å². The van der Waals surface area contributed by atoms with Crippen molar-refractivity contribution in [2.45, 2.75) is 0 Å². The predicted molar refractivity (Wildman–Crippen MR) is 41.3 cm³/mol. The van der Waals surface area contributed by atoms with E-state index in [1.54, 1.807) is 12.1 Å². The molecule has 0 saturated carbocycles. The first-order chi connectivity index (χ1) is 4.70. The minimum atomic E-state index is 0.255. The number of aromatic hydroxyl groups is 1. The monoisotopic (exact) mass is 136 g/mol. The molecule has 1 rings (SSSR count). The van der Waals surface area contributed by atoms with Gasteiger partial charge in [0.05, 0.1) is 0 Å². The fourth-order valence-corrected chi connectivity index (χ4v) is 0.687. The zero-order chi connectivity index (χ0) is 7.56. The Labute approximate surface area is 60.7 Å². The van der Waals surface area contributed by atoms with Crippen LogP contribution in [0.1, 0.15) is 0 Å². The molecule has 0 unspecified atom stereocenters. The van der Waals surface area contributed by atoms with Gasteiger partial charge in [-0.25, -0.2) is 0 Å². The molecule has 0 aliphatic carbocycles. The lowest BCUT2D eigenvalue weighted by atomic mass is 10.3. The second-order valence-corrected chi connectivity index (χ2v) is 2.33. The molecule has 0 saturated heterocycles. The Hall–Kier alpha value is -1.18. The van der Waals surface area contributed by atoms with Gasteiger partial charge in [0.2, 0.25) is 0 Å². The average molecular weight is 136 g/mol. The fraction of sp³-hybridized carbons (Fsp3) is 0.250. The Balaban J connectivity index is 2.89. The number of phenolic OH excluding ortho intramolecular Hbond substituents is 1. The van der Waals surface area contributed by atoms with Gasteiger partial charge in [-0.3, -0.25) is 0 Å². The van der Waals surface area contributed by atoms with Gasteiger partial charge in [0.1, 0.15) is 5.75 Å². The van der Waals surface area contributed by atoms with Crippen LogP contribution in [0.2, 0.25) is 0 Å². The highest BCUT2D eigenvalue weighted by atomic mass is 16.3. The summed E-state index contributed by atoms with van der Waals surface area (Å²) >= 11 is 0. The Kier molecular flexibility index (Phi) is 1.81. The molecular weight excluding hydrogens is 126 g/mol. The Bertz CT molecular complexity index is 203. The summed E-state index contributed by atoms with van der Waals surface area (Å²) in [5, 5.41) is 8.89. The molecule has 1 aromatic carbocycles. The summed E-state index contributed by atoms with van der Waals surface area (Å²) in [6.07, 6.45) is 0. The fourth-order valence-electron chi connectivity index (χ4n) is 0.687. The van der Waals surface area contributed by atoms with Crippen molar-refractivity contribution in [3.63, 3.8) is 0 Å². The second-order valence-electron chi connectivity index (χ2n) is 2.33. The lowest BCUT2D eigenvalue weighted by molar-refractivity contribution is 0.475. The SMILES string of the molecule is CN(C)c1[c]cc(O)cc1. The van der Waals surface area contributed by atoms with Crippen molar-refractivity contribution in [2.75, 3.05) is 19.0 Å². The molecule has 0 spiro atoms. The minimum Gasteiger partial charge on any atom is -0.508 e. The van der Waals surface area contributed by atoms with E-state index in [1.807, 2.05) is 25.1 Å². The van der Waals surface area contributed by atoms with Crippen molar-refractivity contribution in [2.24, 2.45) is 0 Å². The number of benzene rings is 1. The number of hydrogen-bond acceptors (Lipinski definition) is 2. The van der Waals surface area contributed by atoms with E-state index in [-0.39, 0.29) is 5.75 Å². The smallest absolute Gasteiger partial charge is 0.116 e. The molecule has 0 aliphatic heterocycles. The van der Waals surface area contributed by atoms with E-state index in [1.165, 1.54) is 0 Å². The third-order valence-corrected chi connectivity index (χ3v) is 1.26. The maximum absolute atomic E-state index is 8.89. The van der Waals surface area contributed by atoms with Gasteiger partial charge in [0.25, 0.3) is 0 Å². The number of hydrogen-bond donors (Lipinski definition) is 1. The van der Waals surface area contributed by atoms with Crippen molar-refractivity contribution < 1.29 is 5.11 Å². The summed E-state index contributed by atoms with van der Waals surface area (Å²) in [4.78, 5) is 1.93. The average Bonchev–Trinajstić information content (AvgIpc) is 1.88. The predicted octanol–water partition coefficient (Wildman–Crippen LogP) is 1.26. The van der Waals surface area contributed by atoms with Crippen molar-refractivity contribution in [1.29, 1.82) is 0 Å². The highest BCUT2D eigenvalue weighted by molar-refractivity contribution is 5.45. The van der Waals surface area contributed by atoms with Gasteiger partial charge in [-0.1, -0.05) is 0 Å². The van der Waals surface area contributed by atoms with E-state index in [9.17, 15) is 0 Å². The van der Waals surface area contributed by atoms with E-state index in [4.69, 9.17) is 5.11 Å². The molecule has 10 heavy (non-hydrogen) atoms. The highest BCUT2D eigenvalue weighted by Gasteiger charge is 1.92. The Morgan fingerprint density at radius 1 is 1.40 bits per heavy atom. The normalized spacial score (nSPS) is 9.40. The summed E-state index contributed by atoms with van der Waals surface area (Å²) in [7, 11) is 3.87. The molecule has 53 valence electrons. The van der Waals surface area contributed by atoms with Gasteiger partial charge in [0.15, 0.2) is 0 Å². The quantitative estimate of drug-likeness (QED) is 0.628.